The highest BCUT2D eigenvalue weighted by molar-refractivity contribution is 5.93. The van der Waals surface area contributed by atoms with Crippen LogP contribution in [0.15, 0.2) is 30.5 Å². The molecule has 1 aliphatic heterocycles. The van der Waals surface area contributed by atoms with Crippen molar-refractivity contribution < 1.29 is 4.79 Å². The predicted molar refractivity (Wildman–Crippen MR) is 107 cm³/mol. The first-order valence-electron chi connectivity index (χ1n) is 8.27. The van der Waals surface area contributed by atoms with Crippen LogP contribution < -0.4 is 11.1 Å². The zero-order valence-electron chi connectivity index (χ0n) is 14.6. The molecule has 1 aromatic carbocycles. The second-order valence-electron chi connectivity index (χ2n) is 6.41. The Morgan fingerprint density at radius 2 is 1.88 bits per heavy atom. The number of hydrogen-bond donors (Lipinski definition) is 2. The van der Waals surface area contributed by atoms with E-state index in [2.05, 4.69) is 16.1 Å². The molecule has 0 spiro atoms. The SMILES string of the molecule is CC(N)C(C)C(=O)Nc1ccc(-c2cn3c(n2)CCCC3)cc1.Cl.Cl. The van der Waals surface area contributed by atoms with E-state index in [-0.39, 0.29) is 42.7 Å². The van der Waals surface area contributed by atoms with Crippen molar-refractivity contribution in [3.63, 3.8) is 0 Å². The molecule has 1 amide bonds. The largest absolute Gasteiger partial charge is 0.334 e. The molecule has 138 valence electrons. The number of carbonyl (C=O) groups excluding carboxylic acids is 1. The molecule has 0 fully saturated rings. The van der Waals surface area contributed by atoms with Crippen molar-refractivity contribution in [3.8, 4) is 11.3 Å². The van der Waals surface area contributed by atoms with Gasteiger partial charge >= 0.3 is 0 Å². The minimum atomic E-state index is -0.213. The molecule has 2 aromatic rings. The molecular formula is C18H26Cl2N4O. The van der Waals surface area contributed by atoms with E-state index in [0.717, 1.165) is 29.9 Å². The minimum Gasteiger partial charge on any atom is -0.334 e. The highest BCUT2D eigenvalue weighted by Crippen LogP contribution is 2.24. The van der Waals surface area contributed by atoms with Crippen molar-refractivity contribution in [1.82, 2.24) is 9.55 Å². The maximum absolute atomic E-state index is 12.0. The first kappa shape index (κ1) is 21.5. The van der Waals surface area contributed by atoms with Gasteiger partial charge in [-0.15, -0.1) is 24.8 Å². The van der Waals surface area contributed by atoms with Crippen LogP contribution in [0.3, 0.4) is 0 Å². The number of aryl methyl sites for hydroxylation is 2. The normalized spacial score (nSPS) is 15.2. The lowest BCUT2D eigenvalue weighted by Crippen LogP contribution is -2.34. The van der Waals surface area contributed by atoms with E-state index in [1.54, 1.807) is 0 Å². The number of fused-ring (bicyclic) bond motifs is 1. The van der Waals surface area contributed by atoms with Gasteiger partial charge in [0.15, 0.2) is 0 Å². The van der Waals surface area contributed by atoms with Gasteiger partial charge in [0, 0.05) is 36.5 Å². The van der Waals surface area contributed by atoms with Crippen LogP contribution in [0.5, 0.6) is 0 Å². The average Bonchev–Trinajstić information content (AvgIpc) is 2.98. The van der Waals surface area contributed by atoms with Gasteiger partial charge in [0.05, 0.1) is 11.6 Å². The summed E-state index contributed by atoms with van der Waals surface area (Å²) in [5.41, 5.74) is 8.63. The van der Waals surface area contributed by atoms with Crippen LogP contribution >= 0.6 is 24.8 Å². The summed E-state index contributed by atoms with van der Waals surface area (Å²) in [6.07, 6.45) is 5.63. The molecule has 7 heteroatoms. The van der Waals surface area contributed by atoms with Gasteiger partial charge in [0.2, 0.25) is 5.91 Å². The number of rotatable bonds is 4. The Labute approximate surface area is 161 Å². The Morgan fingerprint density at radius 1 is 1.20 bits per heavy atom. The number of aromatic nitrogens is 2. The van der Waals surface area contributed by atoms with Crippen LogP contribution in [0.25, 0.3) is 11.3 Å². The Bertz CT molecular complexity index is 674. The number of nitrogens with zero attached hydrogens (tertiary/aromatic N) is 2. The number of benzene rings is 1. The minimum absolute atomic E-state index is 0. The highest BCUT2D eigenvalue weighted by atomic mass is 35.5. The van der Waals surface area contributed by atoms with Gasteiger partial charge in [-0.3, -0.25) is 4.79 Å². The van der Waals surface area contributed by atoms with Crippen LogP contribution in [-0.4, -0.2) is 21.5 Å². The van der Waals surface area contributed by atoms with Crippen LogP contribution in [0, 0.1) is 5.92 Å². The van der Waals surface area contributed by atoms with Crippen LogP contribution in [-0.2, 0) is 17.8 Å². The van der Waals surface area contributed by atoms with E-state index >= 15 is 0 Å². The molecule has 1 aromatic heterocycles. The summed E-state index contributed by atoms with van der Waals surface area (Å²) >= 11 is 0. The summed E-state index contributed by atoms with van der Waals surface area (Å²) in [7, 11) is 0. The van der Waals surface area contributed by atoms with E-state index in [0.29, 0.717) is 0 Å². The Kier molecular flexibility index (Phi) is 7.93. The second kappa shape index (κ2) is 9.22. The molecule has 2 heterocycles. The third kappa shape index (κ3) is 4.97. The van der Waals surface area contributed by atoms with Gasteiger partial charge in [0.25, 0.3) is 0 Å². The summed E-state index contributed by atoms with van der Waals surface area (Å²) in [5, 5.41) is 2.91. The quantitative estimate of drug-likeness (QED) is 0.844. The number of nitrogens with two attached hydrogens (primary N) is 1. The number of imidazole rings is 1. The van der Waals surface area contributed by atoms with Crippen molar-refractivity contribution >= 4 is 36.4 Å². The third-order valence-corrected chi connectivity index (χ3v) is 4.56. The second-order valence-corrected chi connectivity index (χ2v) is 6.41. The smallest absolute Gasteiger partial charge is 0.228 e. The van der Waals surface area contributed by atoms with E-state index in [4.69, 9.17) is 10.7 Å². The van der Waals surface area contributed by atoms with Crippen molar-refractivity contribution in [3.05, 3.63) is 36.3 Å². The van der Waals surface area contributed by atoms with E-state index < -0.39 is 0 Å². The molecule has 1 aliphatic rings. The van der Waals surface area contributed by atoms with Gasteiger partial charge in [-0.25, -0.2) is 4.98 Å². The molecule has 2 unspecified atom stereocenters. The third-order valence-electron chi connectivity index (χ3n) is 4.56. The van der Waals surface area contributed by atoms with Gasteiger partial charge in [-0.05, 0) is 31.9 Å². The molecule has 25 heavy (non-hydrogen) atoms. The molecule has 0 radical (unpaired) electrons. The van der Waals surface area contributed by atoms with Gasteiger partial charge in [-0.2, -0.15) is 0 Å². The highest BCUT2D eigenvalue weighted by Gasteiger charge is 2.17. The van der Waals surface area contributed by atoms with Crippen LogP contribution in [0.2, 0.25) is 0 Å². The summed E-state index contributed by atoms with van der Waals surface area (Å²) < 4.78 is 2.25. The number of carbonyl (C=O) groups is 1. The summed E-state index contributed by atoms with van der Waals surface area (Å²) in [6, 6.07) is 7.67. The Balaban J connectivity index is 0.00000156. The first-order chi connectivity index (χ1) is 11.0. The lowest BCUT2D eigenvalue weighted by atomic mass is 10.0. The van der Waals surface area contributed by atoms with Crippen molar-refractivity contribution in [2.45, 2.75) is 45.7 Å². The van der Waals surface area contributed by atoms with Gasteiger partial charge in [0.1, 0.15) is 5.82 Å². The van der Waals surface area contributed by atoms with E-state index in [9.17, 15) is 4.79 Å². The zero-order valence-corrected chi connectivity index (χ0v) is 16.2. The predicted octanol–water partition coefficient (Wildman–Crippen LogP) is 3.65. The average molecular weight is 385 g/mol. The number of hydrogen-bond acceptors (Lipinski definition) is 3. The molecular weight excluding hydrogens is 359 g/mol. The summed E-state index contributed by atoms with van der Waals surface area (Å²) in [6.45, 7) is 4.74. The maximum Gasteiger partial charge on any atom is 0.228 e. The fourth-order valence-electron chi connectivity index (χ4n) is 2.77. The lowest BCUT2D eigenvalue weighted by Gasteiger charge is -2.15. The van der Waals surface area contributed by atoms with Crippen molar-refractivity contribution in [1.29, 1.82) is 0 Å². The Hall–Kier alpha value is -1.56. The number of nitrogens with one attached hydrogen (secondary N) is 1. The van der Waals surface area contributed by atoms with E-state index in [1.807, 2.05) is 38.1 Å². The molecule has 0 saturated carbocycles. The monoisotopic (exact) mass is 384 g/mol. The zero-order chi connectivity index (χ0) is 16.4. The standard InChI is InChI=1S/C18H24N4O.2ClH/c1-12(13(2)19)18(23)20-15-8-6-14(7-9-15)16-11-22-10-4-3-5-17(22)21-16;;/h6-9,11-13H,3-5,10,19H2,1-2H3,(H,20,23);2*1H. The Morgan fingerprint density at radius 3 is 2.48 bits per heavy atom. The molecule has 3 N–H and O–H groups in total. The first-order valence-corrected chi connectivity index (χ1v) is 8.27. The molecule has 0 bridgehead atoms. The summed E-state index contributed by atoms with van der Waals surface area (Å²) in [5.74, 6) is 0.911. The fraction of sp³-hybridized carbons (Fsp3) is 0.444. The summed E-state index contributed by atoms with van der Waals surface area (Å²) in [4.78, 5) is 16.8. The van der Waals surface area contributed by atoms with Crippen LogP contribution in [0.1, 0.15) is 32.5 Å². The molecule has 0 saturated heterocycles. The number of amides is 1. The number of anilines is 1. The molecule has 0 aliphatic carbocycles. The molecule has 5 nitrogen and oxygen atoms in total. The maximum atomic E-state index is 12.0. The fourth-order valence-corrected chi connectivity index (χ4v) is 2.77. The molecule has 2 atom stereocenters. The van der Waals surface area contributed by atoms with Gasteiger partial charge < -0.3 is 15.6 Å². The lowest BCUT2D eigenvalue weighted by molar-refractivity contribution is -0.119. The number of halogens is 2. The topological polar surface area (TPSA) is 72.9 Å². The van der Waals surface area contributed by atoms with Crippen molar-refractivity contribution in [2.75, 3.05) is 5.32 Å². The van der Waals surface area contributed by atoms with E-state index in [1.165, 1.54) is 18.7 Å². The van der Waals surface area contributed by atoms with Crippen LogP contribution in [0.4, 0.5) is 5.69 Å². The van der Waals surface area contributed by atoms with Gasteiger partial charge in [-0.1, -0.05) is 19.1 Å². The molecule has 3 rings (SSSR count). The van der Waals surface area contributed by atoms with Crippen molar-refractivity contribution in [2.24, 2.45) is 11.7 Å².